The summed E-state index contributed by atoms with van der Waals surface area (Å²) in [7, 11) is -3.90. The van der Waals surface area contributed by atoms with Crippen molar-refractivity contribution in [3.8, 4) is 5.75 Å². The molecule has 2 rings (SSSR count). The van der Waals surface area contributed by atoms with Crippen LogP contribution in [0.1, 0.15) is 11.1 Å². The molecule has 0 spiro atoms. The molecule has 0 aliphatic heterocycles. The summed E-state index contributed by atoms with van der Waals surface area (Å²) in [4.78, 5) is 12.1. The maximum Gasteiger partial charge on any atom is 0.416 e. The van der Waals surface area contributed by atoms with Crippen LogP contribution in [0.3, 0.4) is 0 Å². The number of nitrogens with one attached hydrogen (secondary N) is 1. The van der Waals surface area contributed by atoms with Gasteiger partial charge in [-0.05, 0) is 48.9 Å². The van der Waals surface area contributed by atoms with E-state index < -0.39 is 34.2 Å². The monoisotopic (exact) mass is 464 g/mol. The number of rotatable bonds is 8. The van der Waals surface area contributed by atoms with Crippen molar-refractivity contribution in [2.75, 3.05) is 30.3 Å². The third kappa shape index (κ3) is 6.81. The summed E-state index contributed by atoms with van der Waals surface area (Å²) >= 11 is 6.00. The highest BCUT2D eigenvalue weighted by molar-refractivity contribution is 7.92. The first kappa shape index (κ1) is 23.8. The van der Waals surface area contributed by atoms with E-state index in [-0.39, 0.29) is 18.8 Å². The van der Waals surface area contributed by atoms with E-state index >= 15 is 0 Å². The summed E-state index contributed by atoms with van der Waals surface area (Å²) in [5.41, 5.74) is -0.0786. The van der Waals surface area contributed by atoms with Crippen LogP contribution < -0.4 is 14.4 Å². The molecule has 0 atom stereocenters. The first-order valence-electron chi connectivity index (χ1n) is 8.68. The maximum absolute atomic E-state index is 12.7. The number of carbonyl (C=O) groups excluding carboxylic acids is 1. The summed E-state index contributed by atoms with van der Waals surface area (Å²) in [5, 5.41) is 3.04. The predicted octanol–water partition coefficient (Wildman–Crippen LogP) is 3.63. The summed E-state index contributed by atoms with van der Waals surface area (Å²) in [5.74, 6) is -0.117. The number of halogens is 4. The molecule has 1 N–H and O–H groups in total. The Hall–Kier alpha value is -2.46. The number of benzene rings is 2. The fourth-order valence-corrected chi connectivity index (χ4v) is 3.45. The molecule has 6 nitrogen and oxygen atoms in total. The van der Waals surface area contributed by atoms with Crippen molar-refractivity contribution in [1.82, 2.24) is 5.32 Å². The van der Waals surface area contributed by atoms with Crippen LogP contribution in [-0.4, -0.2) is 40.3 Å². The number of hydrogen-bond donors (Lipinski definition) is 1. The van der Waals surface area contributed by atoms with E-state index in [1.54, 1.807) is 18.2 Å². The molecule has 0 radical (unpaired) electrons. The molecule has 0 aromatic heterocycles. The van der Waals surface area contributed by atoms with Gasteiger partial charge >= 0.3 is 6.18 Å². The summed E-state index contributed by atoms with van der Waals surface area (Å²) in [6.07, 6.45) is -3.68. The van der Waals surface area contributed by atoms with Crippen LogP contribution in [0.4, 0.5) is 18.9 Å². The van der Waals surface area contributed by atoms with Gasteiger partial charge in [0.2, 0.25) is 15.9 Å². The van der Waals surface area contributed by atoms with Gasteiger partial charge in [-0.1, -0.05) is 17.7 Å². The predicted molar refractivity (Wildman–Crippen MR) is 108 cm³/mol. The van der Waals surface area contributed by atoms with Gasteiger partial charge in [-0.25, -0.2) is 8.42 Å². The number of nitrogens with zero attached hydrogens (tertiary/aromatic N) is 1. The smallest absolute Gasteiger partial charge is 0.416 e. The van der Waals surface area contributed by atoms with Gasteiger partial charge in [0.05, 0.1) is 24.1 Å². The second-order valence-electron chi connectivity index (χ2n) is 6.42. The van der Waals surface area contributed by atoms with Gasteiger partial charge in [0.1, 0.15) is 18.9 Å². The third-order valence-corrected chi connectivity index (χ3v) is 5.55. The molecular formula is C19H20ClF3N2O4S. The van der Waals surface area contributed by atoms with Gasteiger partial charge in [-0.15, -0.1) is 0 Å². The Morgan fingerprint density at radius 2 is 1.80 bits per heavy atom. The van der Waals surface area contributed by atoms with Crippen molar-refractivity contribution in [2.24, 2.45) is 0 Å². The van der Waals surface area contributed by atoms with E-state index in [0.29, 0.717) is 10.8 Å². The van der Waals surface area contributed by atoms with E-state index in [4.69, 9.17) is 16.3 Å². The molecular weight excluding hydrogens is 445 g/mol. The molecule has 0 saturated carbocycles. The molecule has 0 saturated heterocycles. The van der Waals surface area contributed by atoms with Crippen LogP contribution in [0.15, 0.2) is 42.5 Å². The van der Waals surface area contributed by atoms with Crippen molar-refractivity contribution in [1.29, 1.82) is 0 Å². The average molecular weight is 465 g/mol. The van der Waals surface area contributed by atoms with E-state index in [9.17, 15) is 26.4 Å². The molecule has 0 heterocycles. The normalized spacial score (nSPS) is 11.8. The third-order valence-electron chi connectivity index (χ3n) is 4.01. The van der Waals surface area contributed by atoms with E-state index in [0.717, 1.165) is 40.4 Å². The maximum atomic E-state index is 12.7. The first-order chi connectivity index (χ1) is 13.9. The highest BCUT2D eigenvalue weighted by atomic mass is 35.5. The van der Waals surface area contributed by atoms with E-state index in [1.165, 1.54) is 0 Å². The number of sulfonamides is 1. The Morgan fingerprint density at radius 1 is 1.17 bits per heavy atom. The number of alkyl halides is 3. The highest BCUT2D eigenvalue weighted by Crippen LogP contribution is 2.31. The topological polar surface area (TPSA) is 75.7 Å². The van der Waals surface area contributed by atoms with Crippen LogP contribution in [-0.2, 0) is 21.0 Å². The van der Waals surface area contributed by atoms with Gasteiger partial charge in [-0.3, -0.25) is 9.10 Å². The van der Waals surface area contributed by atoms with Crippen molar-refractivity contribution in [2.45, 2.75) is 13.1 Å². The average Bonchev–Trinajstić information content (AvgIpc) is 2.64. The number of carbonyl (C=O) groups is 1. The fourth-order valence-electron chi connectivity index (χ4n) is 2.43. The Balaban J connectivity index is 1.94. The standard InChI is InChI=1S/C19H20ClF3N2O4S/c1-13-3-8-16(11-17(13)20)29-10-9-24-18(26)12-25(30(2,27)28)15-6-4-14(5-7-15)19(21,22)23/h3-8,11H,9-10,12H2,1-2H3,(H,24,26). The van der Waals surface area contributed by atoms with Gasteiger partial charge in [-0.2, -0.15) is 13.2 Å². The zero-order valence-corrected chi connectivity index (χ0v) is 17.7. The zero-order chi connectivity index (χ0) is 22.5. The van der Waals surface area contributed by atoms with Crippen molar-refractivity contribution in [3.05, 3.63) is 58.6 Å². The number of aryl methyl sites for hydroxylation is 1. The molecule has 0 fully saturated rings. The summed E-state index contributed by atoms with van der Waals surface area (Å²) < 4.78 is 68.3. The molecule has 11 heteroatoms. The Kier molecular flexibility index (Phi) is 7.59. The van der Waals surface area contributed by atoms with Crippen molar-refractivity contribution >= 4 is 33.2 Å². The van der Waals surface area contributed by atoms with Crippen LogP contribution in [0.2, 0.25) is 5.02 Å². The van der Waals surface area contributed by atoms with Crippen molar-refractivity contribution < 1.29 is 31.1 Å². The largest absolute Gasteiger partial charge is 0.492 e. The van der Waals surface area contributed by atoms with Crippen molar-refractivity contribution in [3.63, 3.8) is 0 Å². The van der Waals surface area contributed by atoms with Gasteiger partial charge in [0.15, 0.2) is 0 Å². The zero-order valence-electron chi connectivity index (χ0n) is 16.2. The number of anilines is 1. The summed E-state index contributed by atoms with van der Waals surface area (Å²) in [6, 6.07) is 8.65. The molecule has 30 heavy (non-hydrogen) atoms. The number of ether oxygens (including phenoxy) is 1. The molecule has 0 bridgehead atoms. The van der Waals surface area contributed by atoms with Crippen LogP contribution in [0.25, 0.3) is 0 Å². The lowest BCUT2D eigenvalue weighted by molar-refractivity contribution is -0.137. The second-order valence-corrected chi connectivity index (χ2v) is 8.74. The van der Waals surface area contributed by atoms with Gasteiger partial charge < -0.3 is 10.1 Å². The highest BCUT2D eigenvalue weighted by Gasteiger charge is 2.30. The van der Waals surface area contributed by atoms with Crippen LogP contribution >= 0.6 is 11.6 Å². The van der Waals surface area contributed by atoms with Gasteiger partial charge in [0, 0.05) is 5.02 Å². The number of amides is 1. The molecule has 0 aliphatic carbocycles. The molecule has 2 aromatic carbocycles. The number of hydrogen-bond acceptors (Lipinski definition) is 4. The Labute approximate surface area is 177 Å². The first-order valence-corrected chi connectivity index (χ1v) is 10.9. The lowest BCUT2D eigenvalue weighted by Gasteiger charge is -2.22. The minimum Gasteiger partial charge on any atom is -0.492 e. The molecule has 164 valence electrons. The molecule has 1 amide bonds. The lowest BCUT2D eigenvalue weighted by Crippen LogP contribution is -2.41. The van der Waals surface area contributed by atoms with E-state index in [2.05, 4.69) is 5.32 Å². The molecule has 0 unspecified atom stereocenters. The summed E-state index contributed by atoms with van der Waals surface area (Å²) in [6.45, 7) is 1.47. The van der Waals surface area contributed by atoms with Crippen LogP contribution in [0.5, 0.6) is 5.75 Å². The minimum atomic E-state index is -4.55. The van der Waals surface area contributed by atoms with Gasteiger partial charge in [0.25, 0.3) is 0 Å². The Bertz CT molecular complexity index is 996. The minimum absolute atomic E-state index is 0.0498. The molecule has 0 aliphatic rings. The van der Waals surface area contributed by atoms with E-state index in [1.807, 2.05) is 6.92 Å². The fraction of sp³-hybridized carbons (Fsp3) is 0.316. The second kappa shape index (κ2) is 9.57. The molecule has 2 aromatic rings. The quantitative estimate of drug-likeness (QED) is 0.605. The Morgan fingerprint density at radius 3 is 2.33 bits per heavy atom. The van der Waals surface area contributed by atoms with Crippen LogP contribution in [0, 0.1) is 6.92 Å². The SMILES string of the molecule is Cc1ccc(OCCNC(=O)CN(c2ccc(C(F)(F)F)cc2)S(C)(=O)=O)cc1Cl. The lowest BCUT2D eigenvalue weighted by atomic mass is 10.2.